The smallest absolute Gasteiger partial charge is 0.269 e. The second kappa shape index (κ2) is 3.53. The molecule has 4 nitrogen and oxygen atoms in total. The van der Waals surface area contributed by atoms with Gasteiger partial charge in [-0.1, -0.05) is 0 Å². The predicted octanol–water partition coefficient (Wildman–Crippen LogP) is 0.477. The summed E-state index contributed by atoms with van der Waals surface area (Å²) in [6, 6.07) is 0. The van der Waals surface area contributed by atoms with Crippen molar-refractivity contribution in [1.29, 1.82) is 0 Å². The lowest BCUT2D eigenvalue weighted by Crippen LogP contribution is -2.16. The van der Waals surface area contributed by atoms with Gasteiger partial charge in [0.15, 0.2) is 5.75 Å². The number of hydrogen-bond donors (Lipinski definition) is 3. The van der Waals surface area contributed by atoms with Gasteiger partial charge in [0.25, 0.3) is 6.43 Å². The summed E-state index contributed by atoms with van der Waals surface area (Å²) in [5.41, 5.74) is 3.23. The second-order valence-electron chi connectivity index (χ2n) is 2.40. The molecule has 0 atom stereocenters. The molecule has 0 spiro atoms. The van der Waals surface area contributed by atoms with Crippen LogP contribution in [0.25, 0.3) is 0 Å². The number of nitrogens with one attached hydrogen (secondary N) is 1. The van der Waals surface area contributed by atoms with Crippen LogP contribution in [0, 0.1) is 0 Å². The van der Waals surface area contributed by atoms with Crippen LogP contribution in [-0.4, -0.2) is 10.1 Å². The van der Waals surface area contributed by atoms with Gasteiger partial charge in [0.05, 0.1) is 5.56 Å². The first-order valence-electron chi connectivity index (χ1n) is 3.49. The Morgan fingerprint density at radius 1 is 1.62 bits per heavy atom. The fourth-order valence-electron chi connectivity index (χ4n) is 0.973. The van der Waals surface area contributed by atoms with Crippen LogP contribution < -0.4 is 11.2 Å². The van der Waals surface area contributed by atoms with Crippen LogP contribution in [0.15, 0.2) is 11.0 Å². The molecule has 0 saturated carbocycles. The number of pyridine rings is 1. The number of rotatable bonds is 2. The minimum absolute atomic E-state index is 0.0576. The molecule has 6 heteroatoms. The predicted molar refractivity (Wildman–Crippen MR) is 41.6 cm³/mol. The third kappa shape index (κ3) is 1.67. The van der Waals surface area contributed by atoms with E-state index in [1.807, 2.05) is 0 Å². The molecule has 0 aliphatic carbocycles. The van der Waals surface area contributed by atoms with Gasteiger partial charge in [0.1, 0.15) is 0 Å². The van der Waals surface area contributed by atoms with Crippen LogP contribution in [0.1, 0.15) is 17.7 Å². The van der Waals surface area contributed by atoms with Gasteiger partial charge in [-0.25, -0.2) is 8.78 Å². The van der Waals surface area contributed by atoms with Crippen LogP contribution >= 0.6 is 0 Å². The van der Waals surface area contributed by atoms with Crippen molar-refractivity contribution in [3.8, 4) is 5.75 Å². The van der Waals surface area contributed by atoms with Crippen molar-refractivity contribution < 1.29 is 13.9 Å². The van der Waals surface area contributed by atoms with Gasteiger partial charge in [0, 0.05) is 18.4 Å². The summed E-state index contributed by atoms with van der Waals surface area (Å²) in [4.78, 5) is 13.3. The summed E-state index contributed by atoms with van der Waals surface area (Å²) in [6.45, 7) is -0.199. The SMILES string of the molecule is NCc1[nH]cc(O)c(=O)c1C(F)F. The van der Waals surface area contributed by atoms with Crippen molar-refractivity contribution in [3.05, 3.63) is 27.7 Å². The van der Waals surface area contributed by atoms with Gasteiger partial charge in [-0.2, -0.15) is 0 Å². The van der Waals surface area contributed by atoms with E-state index in [-0.39, 0.29) is 12.2 Å². The Morgan fingerprint density at radius 3 is 2.69 bits per heavy atom. The minimum atomic E-state index is -2.94. The highest BCUT2D eigenvalue weighted by molar-refractivity contribution is 5.29. The molecule has 0 radical (unpaired) electrons. The number of aromatic hydroxyl groups is 1. The Labute approximate surface area is 72.0 Å². The van der Waals surface area contributed by atoms with Crippen molar-refractivity contribution in [2.24, 2.45) is 5.73 Å². The number of aromatic nitrogens is 1. The lowest BCUT2D eigenvalue weighted by atomic mass is 10.2. The zero-order chi connectivity index (χ0) is 10.0. The first kappa shape index (κ1) is 9.66. The second-order valence-corrected chi connectivity index (χ2v) is 2.40. The average Bonchev–Trinajstić information content (AvgIpc) is 2.08. The molecule has 1 aromatic heterocycles. The van der Waals surface area contributed by atoms with Crippen molar-refractivity contribution >= 4 is 0 Å². The number of halogens is 2. The highest BCUT2D eigenvalue weighted by Gasteiger charge is 2.18. The molecule has 0 bridgehead atoms. The summed E-state index contributed by atoms with van der Waals surface area (Å²) in [6.07, 6.45) is -1.99. The Bertz CT molecular complexity index is 362. The Balaban J connectivity index is 3.42. The van der Waals surface area contributed by atoms with Crippen LogP contribution in [-0.2, 0) is 6.54 Å². The van der Waals surface area contributed by atoms with E-state index in [9.17, 15) is 13.6 Å². The molecule has 0 saturated heterocycles. The van der Waals surface area contributed by atoms with E-state index in [0.29, 0.717) is 0 Å². The Morgan fingerprint density at radius 2 is 2.23 bits per heavy atom. The molecule has 13 heavy (non-hydrogen) atoms. The molecular weight excluding hydrogens is 182 g/mol. The number of hydrogen-bond acceptors (Lipinski definition) is 3. The number of alkyl halides is 2. The molecule has 1 heterocycles. The maximum absolute atomic E-state index is 12.3. The molecule has 1 rings (SSSR count). The first-order valence-corrected chi connectivity index (χ1v) is 3.49. The molecule has 0 aromatic carbocycles. The highest BCUT2D eigenvalue weighted by atomic mass is 19.3. The molecule has 0 aliphatic heterocycles. The van der Waals surface area contributed by atoms with Gasteiger partial charge in [-0.15, -0.1) is 0 Å². The lowest BCUT2D eigenvalue weighted by molar-refractivity contribution is 0.148. The maximum atomic E-state index is 12.3. The largest absolute Gasteiger partial charge is 0.503 e. The molecule has 0 unspecified atom stereocenters. The highest BCUT2D eigenvalue weighted by Crippen LogP contribution is 2.19. The minimum Gasteiger partial charge on any atom is -0.503 e. The molecular formula is C7H8F2N2O2. The van der Waals surface area contributed by atoms with E-state index in [4.69, 9.17) is 10.8 Å². The molecule has 0 aliphatic rings. The van der Waals surface area contributed by atoms with Crippen LogP contribution in [0.5, 0.6) is 5.75 Å². The fourth-order valence-corrected chi connectivity index (χ4v) is 0.973. The molecule has 0 amide bonds. The summed E-state index contributed by atoms with van der Waals surface area (Å²) in [7, 11) is 0. The number of H-pyrrole nitrogens is 1. The summed E-state index contributed by atoms with van der Waals surface area (Å²) in [5, 5.41) is 8.85. The monoisotopic (exact) mass is 190 g/mol. The van der Waals surface area contributed by atoms with Gasteiger partial charge < -0.3 is 15.8 Å². The van der Waals surface area contributed by atoms with E-state index >= 15 is 0 Å². The lowest BCUT2D eigenvalue weighted by Gasteiger charge is -2.05. The van der Waals surface area contributed by atoms with E-state index in [0.717, 1.165) is 6.20 Å². The first-order chi connectivity index (χ1) is 6.07. The molecule has 0 fully saturated rings. The van der Waals surface area contributed by atoms with Crippen molar-refractivity contribution in [1.82, 2.24) is 4.98 Å². The fraction of sp³-hybridized carbons (Fsp3) is 0.286. The zero-order valence-corrected chi connectivity index (χ0v) is 6.55. The van der Waals surface area contributed by atoms with E-state index in [1.165, 1.54) is 0 Å². The van der Waals surface area contributed by atoms with Gasteiger partial charge in [0.2, 0.25) is 5.43 Å². The average molecular weight is 190 g/mol. The van der Waals surface area contributed by atoms with Crippen molar-refractivity contribution in [3.63, 3.8) is 0 Å². The van der Waals surface area contributed by atoms with Crippen LogP contribution in [0.4, 0.5) is 8.78 Å². The van der Waals surface area contributed by atoms with Gasteiger partial charge in [-0.05, 0) is 0 Å². The van der Waals surface area contributed by atoms with Crippen LogP contribution in [0.2, 0.25) is 0 Å². The zero-order valence-electron chi connectivity index (χ0n) is 6.55. The third-order valence-electron chi connectivity index (χ3n) is 1.61. The summed E-state index contributed by atoms with van der Waals surface area (Å²) < 4.78 is 24.5. The summed E-state index contributed by atoms with van der Waals surface area (Å²) in [5.74, 6) is -0.729. The van der Waals surface area contributed by atoms with E-state index in [1.54, 1.807) is 0 Å². The Hall–Kier alpha value is -1.43. The molecule has 4 N–H and O–H groups in total. The van der Waals surface area contributed by atoms with Crippen molar-refractivity contribution in [2.75, 3.05) is 0 Å². The normalized spacial score (nSPS) is 10.8. The van der Waals surface area contributed by atoms with Crippen LogP contribution in [0.3, 0.4) is 0 Å². The number of nitrogens with two attached hydrogens (primary N) is 1. The maximum Gasteiger partial charge on any atom is 0.269 e. The molecule has 72 valence electrons. The van der Waals surface area contributed by atoms with E-state index in [2.05, 4.69) is 4.98 Å². The number of aromatic amines is 1. The Kier molecular flexibility index (Phi) is 2.62. The van der Waals surface area contributed by atoms with E-state index < -0.39 is 23.2 Å². The quantitative estimate of drug-likeness (QED) is 0.634. The standard InChI is InChI=1S/C7H8F2N2O2/c8-7(9)5-3(1-10)11-2-4(12)6(5)13/h2,7,12H,1,10H2,(H,11,13). The van der Waals surface area contributed by atoms with Gasteiger partial charge >= 0.3 is 0 Å². The topological polar surface area (TPSA) is 79.1 Å². The molecule has 1 aromatic rings. The summed E-state index contributed by atoms with van der Waals surface area (Å²) >= 11 is 0. The van der Waals surface area contributed by atoms with Crippen molar-refractivity contribution in [2.45, 2.75) is 13.0 Å². The van der Waals surface area contributed by atoms with Gasteiger partial charge in [-0.3, -0.25) is 4.79 Å². The third-order valence-corrected chi connectivity index (χ3v) is 1.61.